The van der Waals surface area contributed by atoms with Gasteiger partial charge in [-0.3, -0.25) is 0 Å². The first-order valence-electron chi connectivity index (χ1n) is 6.34. The van der Waals surface area contributed by atoms with E-state index >= 15 is 0 Å². The summed E-state index contributed by atoms with van der Waals surface area (Å²) in [6.07, 6.45) is 0.532. The molecule has 0 aliphatic rings. The standard InChI is InChI=1S/C15H22N2O/c1-15(2,3)18-13-12-17(11-7-10-16)14-8-5-4-6-9-14/h4-6,8-9H,7,11-13H2,1-3H3. The molecule has 0 fully saturated rings. The van der Waals surface area contributed by atoms with Gasteiger partial charge >= 0.3 is 0 Å². The molecule has 0 radical (unpaired) electrons. The predicted molar refractivity (Wildman–Crippen MR) is 74.6 cm³/mol. The van der Waals surface area contributed by atoms with E-state index in [0.717, 1.165) is 18.8 Å². The van der Waals surface area contributed by atoms with Crippen molar-refractivity contribution in [3.05, 3.63) is 30.3 Å². The van der Waals surface area contributed by atoms with Crippen LogP contribution in [0.4, 0.5) is 5.69 Å². The van der Waals surface area contributed by atoms with Gasteiger partial charge in [0.25, 0.3) is 0 Å². The number of benzene rings is 1. The molecule has 0 aromatic heterocycles. The van der Waals surface area contributed by atoms with Gasteiger partial charge in [0.1, 0.15) is 0 Å². The monoisotopic (exact) mass is 246 g/mol. The average Bonchev–Trinajstić information content (AvgIpc) is 2.33. The molecule has 1 aromatic carbocycles. The van der Waals surface area contributed by atoms with Gasteiger partial charge in [0, 0.05) is 18.8 Å². The van der Waals surface area contributed by atoms with Crippen molar-refractivity contribution in [1.29, 1.82) is 5.26 Å². The zero-order valence-corrected chi connectivity index (χ0v) is 11.5. The zero-order valence-electron chi connectivity index (χ0n) is 11.5. The van der Waals surface area contributed by atoms with E-state index in [1.54, 1.807) is 0 Å². The first kappa shape index (κ1) is 14.5. The Kier molecular flexibility index (Phi) is 5.67. The van der Waals surface area contributed by atoms with Crippen molar-refractivity contribution in [1.82, 2.24) is 0 Å². The highest BCUT2D eigenvalue weighted by atomic mass is 16.5. The fourth-order valence-corrected chi connectivity index (χ4v) is 1.66. The zero-order chi connectivity index (χ0) is 13.4. The number of anilines is 1. The van der Waals surface area contributed by atoms with Crippen molar-refractivity contribution < 1.29 is 4.74 Å². The topological polar surface area (TPSA) is 36.3 Å². The van der Waals surface area contributed by atoms with Crippen LogP contribution in [0.15, 0.2) is 30.3 Å². The minimum atomic E-state index is -0.114. The molecule has 3 nitrogen and oxygen atoms in total. The lowest BCUT2D eigenvalue weighted by Crippen LogP contribution is -2.31. The lowest BCUT2D eigenvalue weighted by Gasteiger charge is -2.26. The van der Waals surface area contributed by atoms with Gasteiger partial charge < -0.3 is 9.64 Å². The van der Waals surface area contributed by atoms with Gasteiger partial charge in [0.05, 0.1) is 24.7 Å². The summed E-state index contributed by atoms with van der Waals surface area (Å²) in [6, 6.07) is 12.3. The molecule has 0 N–H and O–H groups in total. The Hall–Kier alpha value is -1.53. The molecule has 0 unspecified atom stereocenters. The van der Waals surface area contributed by atoms with E-state index in [-0.39, 0.29) is 5.60 Å². The molecule has 0 aliphatic heterocycles. The van der Waals surface area contributed by atoms with Crippen LogP contribution in [-0.2, 0) is 4.74 Å². The number of rotatable bonds is 6. The van der Waals surface area contributed by atoms with Crippen LogP contribution >= 0.6 is 0 Å². The second-order valence-electron chi connectivity index (χ2n) is 5.19. The van der Waals surface area contributed by atoms with E-state index in [1.807, 2.05) is 18.2 Å². The molecular formula is C15H22N2O. The fourth-order valence-electron chi connectivity index (χ4n) is 1.66. The molecule has 98 valence electrons. The van der Waals surface area contributed by atoms with Crippen LogP contribution in [0.1, 0.15) is 27.2 Å². The molecule has 3 heteroatoms. The summed E-state index contributed by atoms with van der Waals surface area (Å²) in [5.41, 5.74) is 1.03. The third-order valence-corrected chi connectivity index (χ3v) is 2.51. The Bertz CT molecular complexity index is 376. The minimum Gasteiger partial charge on any atom is -0.374 e. The van der Waals surface area contributed by atoms with Crippen molar-refractivity contribution in [2.75, 3.05) is 24.6 Å². The summed E-state index contributed by atoms with van der Waals surface area (Å²) in [4.78, 5) is 2.19. The van der Waals surface area contributed by atoms with E-state index < -0.39 is 0 Å². The molecule has 0 spiro atoms. The van der Waals surface area contributed by atoms with Crippen LogP contribution in [0.25, 0.3) is 0 Å². The highest BCUT2D eigenvalue weighted by molar-refractivity contribution is 5.45. The van der Waals surface area contributed by atoms with E-state index in [0.29, 0.717) is 13.0 Å². The highest BCUT2D eigenvalue weighted by Crippen LogP contribution is 2.14. The Morgan fingerprint density at radius 3 is 2.39 bits per heavy atom. The minimum absolute atomic E-state index is 0.114. The first-order valence-corrected chi connectivity index (χ1v) is 6.34. The maximum absolute atomic E-state index is 8.71. The molecule has 0 amide bonds. The highest BCUT2D eigenvalue weighted by Gasteiger charge is 2.11. The lowest BCUT2D eigenvalue weighted by molar-refractivity contribution is 0.00138. The Morgan fingerprint density at radius 2 is 1.83 bits per heavy atom. The van der Waals surface area contributed by atoms with Crippen molar-refractivity contribution >= 4 is 5.69 Å². The van der Waals surface area contributed by atoms with Gasteiger partial charge in [-0.05, 0) is 32.9 Å². The Labute approximate surface area is 110 Å². The maximum atomic E-state index is 8.71. The van der Waals surface area contributed by atoms with E-state index in [4.69, 9.17) is 10.00 Å². The number of hydrogen-bond acceptors (Lipinski definition) is 3. The molecule has 0 heterocycles. The third-order valence-electron chi connectivity index (χ3n) is 2.51. The number of nitrogens with zero attached hydrogens (tertiary/aromatic N) is 2. The molecule has 1 aromatic rings. The second kappa shape index (κ2) is 7.03. The number of hydrogen-bond donors (Lipinski definition) is 0. The molecule has 1 rings (SSSR count). The van der Waals surface area contributed by atoms with Crippen molar-refractivity contribution in [3.63, 3.8) is 0 Å². The predicted octanol–water partition coefficient (Wildman–Crippen LogP) is 3.22. The van der Waals surface area contributed by atoms with Crippen LogP contribution in [0, 0.1) is 11.3 Å². The quantitative estimate of drug-likeness (QED) is 0.773. The summed E-state index contributed by atoms with van der Waals surface area (Å²) < 4.78 is 5.74. The van der Waals surface area contributed by atoms with Crippen molar-refractivity contribution in [2.24, 2.45) is 0 Å². The number of ether oxygens (including phenoxy) is 1. The Morgan fingerprint density at radius 1 is 1.17 bits per heavy atom. The van der Waals surface area contributed by atoms with Crippen molar-refractivity contribution in [2.45, 2.75) is 32.8 Å². The van der Waals surface area contributed by atoms with Crippen LogP contribution in [0.5, 0.6) is 0 Å². The maximum Gasteiger partial charge on any atom is 0.0648 e. The summed E-state index contributed by atoms with van der Waals surface area (Å²) in [5, 5.41) is 8.71. The SMILES string of the molecule is CC(C)(C)OCCN(CCC#N)c1ccccc1. The van der Waals surface area contributed by atoms with Crippen LogP contribution in [0.2, 0.25) is 0 Å². The van der Waals surface area contributed by atoms with E-state index in [2.05, 4.69) is 43.9 Å². The number of para-hydroxylation sites is 1. The second-order valence-corrected chi connectivity index (χ2v) is 5.19. The summed E-state index contributed by atoms with van der Waals surface area (Å²) >= 11 is 0. The Balaban J connectivity index is 2.54. The first-order chi connectivity index (χ1) is 8.53. The van der Waals surface area contributed by atoms with Gasteiger partial charge in [-0.15, -0.1) is 0 Å². The van der Waals surface area contributed by atoms with E-state index in [9.17, 15) is 0 Å². The smallest absolute Gasteiger partial charge is 0.0648 e. The molecule has 0 saturated carbocycles. The molecular weight excluding hydrogens is 224 g/mol. The fraction of sp³-hybridized carbons (Fsp3) is 0.533. The van der Waals surface area contributed by atoms with Gasteiger partial charge in [0.2, 0.25) is 0 Å². The molecule has 18 heavy (non-hydrogen) atoms. The van der Waals surface area contributed by atoms with E-state index in [1.165, 1.54) is 0 Å². The number of nitriles is 1. The summed E-state index contributed by atoms with van der Waals surface area (Å²) in [5.74, 6) is 0. The third kappa shape index (κ3) is 5.70. The van der Waals surface area contributed by atoms with Gasteiger partial charge in [-0.25, -0.2) is 0 Å². The van der Waals surface area contributed by atoms with Crippen LogP contribution in [0.3, 0.4) is 0 Å². The molecule has 0 saturated heterocycles. The van der Waals surface area contributed by atoms with Crippen molar-refractivity contribution in [3.8, 4) is 6.07 Å². The average molecular weight is 246 g/mol. The van der Waals surface area contributed by atoms with Gasteiger partial charge in [-0.2, -0.15) is 5.26 Å². The summed E-state index contributed by atoms with van der Waals surface area (Å²) in [6.45, 7) is 8.38. The van der Waals surface area contributed by atoms with Crippen LogP contribution in [-0.4, -0.2) is 25.3 Å². The molecule has 0 atom stereocenters. The van der Waals surface area contributed by atoms with Gasteiger partial charge in [0.15, 0.2) is 0 Å². The lowest BCUT2D eigenvalue weighted by atomic mass is 10.2. The normalized spacial score (nSPS) is 11.0. The summed E-state index contributed by atoms with van der Waals surface area (Å²) in [7, 11) is 0. The van der Waals surface area contributed by atoms with Gasteiger partial charge in [-0.1, -0.05) is 18.2 Å². The molecule has 0 bridgehead atoms. The molecule has 0 aliphatic carbocycles. The largest absolute Gasteiger partial charge is 0.374 e. The van der Waals surface area contributed by atoms with Crippen LogP contribution < -0.4 is 4.90 Å².